The highest BCUT2D eigenvalue weighted by Crippen LogP contribution is 2.31. The summed E-state index contributed by atoms with van der Waals surface area (Å²) in [6, 6.07) is 5.28. The van der Waals surface area contributed by atoms with Crippen molar-refractivity contribution < 1.29 is 4.79 Å². The number of nitrogens with zero attached hydrogens (tertiary/aromatic N) is 2. The van der Waals surface area contributed by atoms with Crippen LogP contribution in [0.2, 0.25) is 0 Å². The van der Waals surface area contributed by atoms with Crippen molar-refractivity contribution in [1.82, 2.24) is 10.3 Å². The number of primary amides is 1. The van der Waals surface area contributed by atoms with E-state index >= 15 is 0 Å². The number of aromatic nitrogens is 1. The van der Waals surface area contributed by atoms with Crippen LogP contribution in [0.4, 0.5) is 5.82 Å². The van der Waals surface area contributed by atoms with Crippen molar-refractivity contribution in [1.29, 1.82) is 0 Å². The molecule has 20 heavy (non-hydrogen) atoms. The summed E-state index contributed by atoms with van der Waals surface area (Å²) in [7, 11) is 2.03. The van der Waals surface area contributed by atoms with Crippen LogP contribution < -0.4 is 16.0 Å². The lowest BCUT2D eigenvalue weighted by molar-refractivity contribution is 0.100. The molecule has 0 saturated carbocycles. The SMILES string of the molecule is Cc1ccc(C(N)=O)c(N(C)C2CC3CCC(C2)N3)n1. The van der Waals surface area contributed by atoms with E-state index in [9.17, 15) is 4.79 Å². The monoisotopic (exact) mass is 274 g/mol. The molecule has 108 valence electrons. The predicted octanol–water partition coefficient (Wildman–Crippen LogP) is 1.21. The number of nitrogens with two attached hydrogens (primary N) is 1. The maximum Gasteiger partial charge on any atom is 0.252 e. The Bertz CT molecular complexity index is 519. The number of piperidine rings is 1. The van der Waals surface area contributed by atoms with Gasteiger partial charge in [0.1, 0.15) is 5.82 Å². The molecule has 0 aromatic carbocycles. The summed E-state index contributed by atoms with van der Waals surface area (Å²) in [6.45, 7) is 1.94. The molecule has 3 rings (SSSR count). The third-order valence-corrected chi connectivity index (χ3v) is 4.61. The summed E-state index contributed by atoms with van der Waals surface area (Å²) < 4.78 is 0. The van der Waals surface area contributed by atoms with Gasteiger partial charge < -0.3 is 16.0 Å². The smallest absolute Gasteiger partial charge is 0.252 e. The summed E-state index contributed by atoms with van der Waals surface area (Å²) in [4.78, 5) is 18.3. The Morgan fingerprint density at radius 1 is 1.35 bits per heavy atom. The van der Waals surface area contributed by atoms with Crippen LogP contribution in [0.5, 0.6) is 0 Å². The number of rotatable bonds is 3. The Morgan fingerprint density at radius 2 is 2.00 bits per heavy atom. The normalized spacial score (nSPS) is 28.4. The van der Waals surface area contributed by atoms with E-state index in [1.54, 1.807) is 6.07 Å². The van der Waals surface area contributed by atoms with Gasteiger partial charge in [-0.2, -0.15) is 0 Å². The minimum absolute atomic E-state index is 0.406. The Kier molecular flexibility index (Phi) is 3.38. The molecular formula is C15H22N4O. The molecule has 2 aliphatic heterocycles. The van der Waals surface area contributed by atoms with Crippen molar-refractivity contribution in [2.75, 3.05) is 11.9 Å². The summed E-state index contributed by atoms with van der Waals surface area (Å²) in [6.07, 6.45) is 4.75. The number of carbonyl (C=O) groups excluding carboxylic acids is 1. The molecule has 3 heterocycles. The number of fused-ring (bicyclic) bond motifs is 2. The molecule has 2 unspecified atom stereocenters. The second-order valence-corrected chi connectivity index (χ2v) is 6.06. The molecule has 2 aliphatic rings. The van der Waals surface area contributed by atoms with E-state index < -0.39 is 5.91 Å². The summed E-state index contributed by atoms with van der Waals surface area (Å²) in [5.41, 5.74) is 6.91. The van der Waals surface area contributed by atoms with Crippen molar-refractivity contribution in [3.63, 3.8) is 0 Å². The van der Waals surface area contributed by atoms with Gasteiger partial charge in [0.2, 0.25) is 0 Å². The minimum Gasteiger partial charge on any atom is -0.365 e. The van der Waals surface area contributed by atoms with Crippen LogP contribution in [0.25, 0.3) is 0 Å². The zero-order valence-corrected chi connectivity index (χ0v) is 12.1. The van der Waals surface area contributed by atoms with E-state index in [1.165, 1.54) is 12.8 Å². The van der Waals surface area contributed by atoms with Gasteiger partial charge in [0.15, 0.2) is 0 Å². The van der Waals surface area contributed by atoms with Gasteiger partial charge in [-0.05, 0) is 44.7 Å². The van der Waals surface area contributed by atoms with Crippen LogP contribution in [0.15, 0.2) is 12.1 Å². The van der Waals surface area contributed by atoms with Crippen LogP contribution in [0.1, 0.15) is 41.7 Å². The van der Waals surface area contributed by atoms with Crippen LogP contribution in [0, 0.1) is 6.92 Å². The van der Waals surface area contributed by atoms with Crippen LogP contribution >= 0.6 is 0 Å². The number of nitrogens with one attached hydrogen (secondary N) is 1. The Hall–Kier alpha value is -1.62. The molecule has 0 radical (unpaired) electrons. The average Bonchev–Trinajstić information content (AvgIpc) is 2.76. The molecule has 1 aromatic rings. The van der Waals surface area contributed by atoms with Crippen LogP contribution in [0.3, 0.4) is 0 Å². The number of pyridine rings is 1. The molecule has 2 bridgehead atoms. The van der Waals surface area contributed by atoms with E-state index in [1.807, 2.05) is 20.0 Å². The van der Waals surface area contributed by atoms with E-state index in [2.05, 4.69) is 15.2 Å². The zero-order valence-electron chi connectivity index (χ0n) is 12.1. The quantitative estimate of drug-likeness (QED) is 0.869. The van der Waals surface area contributed by atoms with E-state index in [0.717, 1.165) is 24.4 Å². The minimum atomic E-state index is -0.406. The topological polar surface area (TPSA) is 71.2 Å². The fourth-order valence-corrected chi connectivity index (χ4v) is 3.52. The summed E-state index contributed by atoms with van der Waals surface area (Å²) >= 11 is 0. The Morgan fingerprint density at radius 3 is 2.60 bits per heavy atom. The third-order valence-electron chi connectivity index (χ3n) is 4.61. The van der Waals surface area contributed by atoms with Gasteiger partial charge in [-0.25, -0.2) is 4.98 Å². The molecule has 1 amide bonds. The van der Waals surface area contributed by atoms with E-state index in [4.69, 9.17) is 5.73 Å². The van der Waals surface area contributed by atoms with Crippen molar-refractivity contribution >= 4 is 11.7 Å². The predicted molar refractivity (Wildman–Crippen MR) is 78.9 cm³/mol. The maximum atomic E-state index is 11.6. The second kappa shape index (κ2) is 5.05. The Labute approximate surface area is 119 Å². The second-order valence-electron chi connectivity index (χ2n) is 6.06. The fourth-order valence-electron chi connectivity index (χ4n) is 3.52. The number of hydrogen-bond acceptors (Lipinski definition) is 4. The molecule has 2 fully saturated rings. The standard InChI is InChI=1S/C15H22N4O/c1-9-3-6-13(14(16)20)15(17-9)19(2)12-7-10-4-5-11(8-12)18-10/h3,6,10-12,18H,4-5,7-8H2,1-2H3,(H2,16,20). The van der Waals surface area contributed by atoms with Gasteiger partial charge in [0, 0.05) is 30.9 Å². The first-order chi connectivity index (χ1) is 9.54. The molecule has 2 saturated heterocycles. The van der Waals surface area contributed by atoms with Gasteiger partial charge in [-0.15, -0.1) is 0 Å². The van der Waals surface area contributed by atoms with E-state index in [0.29, 0.717) is 23.7 Å². The lowest BCUT2D eigenvalue weighted by Gasteiger charge is -2.36. The number of amides is 1. The molecule has 3 N–H and O–H groups in total. The molecule has 2 atom stereocenters. The van der Waals surface area contributed by atoms with E-state index in [-0.39, 0.29) is 0 Å². The van der Waals surface area contributed by atoms with Gasteiger partial charge in [-0.3, -0.25) is 4.79 Å². The zero-order chi connectivity index (χ0) is 14.3. The van der Waals surface area contributed by atoms with Gasteiger partial charge >= 0.3 is 0 Å². The lowest BCUT2D eigenvalue weighted by atomic mass is 9.98. The molecular weight excluding hydrogens is 252 g/mol. The molecule has 1 aromatic heterocycles. The highest BCUT2D eigenvalue weighted by Gasteiger charge is 2.36. The van der Waals surface area contributed by atoms with Gasteiger partial charge in [0.25, 0.3) is 5.91 Å². The van der Waals surface area contributed by atoms with Crippen molar-refractivity contribution in [2.24, 2.45) is 5.73 Å². The van der Waals surface area contributed by atoms with Crippen LogP contribution in [-0.2, 0) is 0 Å². The third kappa shape index (κ3) is 2.38. The first kappa shape index (κ1) is 13.4. The van der Waals surface area contributed by atoms with Crippen molar-refractivity contribution in [3.05, 3.63) is 23.4 Å². The first-order valence-electron chi connectivity index (χ1n) is 7.31. The highest BCUT2D eigenvalue weighted by atomic mass is 16.1. The molecule has 5 nitrogen and oxygen atoms in total. The Balaban J connectivity index is 1.88. The van der Waals surface area contributed by atoms with Crippen molar-refractivity contribution in [2.45, 2.75) is 50.7 Å². The molecule has 0 aliphatic carbocycles. The largest absolute Gasteiger partial charge is 0.365 e. The number of carbonyl (C=O) groups is 1. The first-order valence-corrected chi connectivity index (χ1v) is 7.31. The number of anilines is 1. The van der Waals surface area contributed by atoms with Crippen LogP contribution in [-0.4, -0.2) is 36.1 Å². The lowest BCUT2D eigenvalue weighted by Crippen LogP contribution is -2.47. The fraction of sp³-hybridized carbons (Fsp3) is 0.600. The van der Waals surface area contributed by atoms with Gasteiger partial charge in [0.05, 0.1) is 5.56 Å². The van der Waals surface area contributed by atoms with Gasteiger partial charge in [-0.1, -0.05) is 0 Å². The summed E-state index contributed by atoms with van der Waals surface area (Å²) in [5.74, 6) is 0.319. The maximum absolute atomic E-state index is 11.6. The average molecular weight is 274 g/mol. The number of aryl methyl sites for hydroxylation is 1. The van der Waals surface area contributed by atoms with Crippen molar-refractivity contribution in [3.8, 4) is 0 Å². The number of hydrogen-bond donors (Lipinski definition) is 2. The highest BCUT2D eigenvalue weighted by molar-refractivity contribution is 5.97. The molecule has 5 heteroatoms. The molecule has 0 spiro atoms. The summed E-state index contributed by atoms with van der Waals surface area (Å²) in [5, 5.41) is 3.64.